The summed E-state index contributed by atoms with van der Waals surface area (Å²) in [5, 5.41) is 0. The van der Waals surface area contributed by atoms with Gasteiger partial charge in [0.1, 0.15) is 5.75 Å². The van der Waals surface area contributed by atoms with Gasteiger partial charge in [-0.05, 0) is 24.6 Å². The Bertz CT molecular complexity index is 628. The molecule has 0 fully saturated rings. The van der Waals surface area contributed by atoms with Gasteiger partial charge < -0.3 is 9.64 Å². The molecule has 6 nitrogen and oxygen atoms in total. The first-order chi connectivity index (χ1) is 9.95. The zero-order valence-electron chi connectivity index (χ0n) is 12.3. The zero-order chi connectivity index (χ0) is 15.5. The van der Waals surface area contributed by atoms with E-state index in [9.17, 15) is 13.2 Å². The maximum absolute atomic E-state index is 12.2. The fourth-order valence-corrected chi connectivity index (χ4v) is 3.18. The fourth-order valence-electron chi connectivity index (χ4n) is 2.08. The summed E-state index contributed by atoms with van der Waals surface area (Å²) in [4.78, 5) is 13.2. The number of hydrogen-bond donors (Lipinski definition) is 1. The Labute approximate surface area is 125 Å². The van der Waals surface area contributed by atoms with Crippen LogP contribution in [0.25, 0.3) is 0 Å². The molecule has 0 saturated heterocycles. The van der Waals surface area contributed by atoms with Crippen LogP contribution < -0.4 is 14.4 Å². The molecule has 0 bridgehead atoms. The summed E-state index contributed by atoms with van der Waals surface area (Å²) in [6.45, 7) is 2.45. The van der Waals surface area contributed by atoms with E-state index in [-0.39, 0.29) is 17.4 Å². The van der Waals surface area contributed by atoms with Crippen LogP contribution in [-0.4, -0.2) is 34.5 Å². The lowest BCUT2D eigenvalue weighted by Gasteiger charge is -2.26. The normalized spacial score (nSPS) is 14.8. The van der Waals surface area contributed by atoms with Crippen LogP contribution in [0.15, 0.2) is 23.1 Å². The van der Waals surface area contributed by atoms with Crippen molar-refractivity contribution in [2.75, 3.05) is 25.1 Å². The van der Waals surface area contributed by atoms with E-state index >= 15 is 0 Å². The molecule has 2 rings (SSSR count). The van der Waals surface area contributed by atoms with Crippen LogP contribution in [0.3, 0.4) is 0 Å². The van der Waals surface area contributed by atoms with Gasteiger partial charge >= 0.3 is 0 Å². The predicted octanol–water partition coefficient (Wildman–Crippen LogP) is 1.51. The Morgan fingerprint density at radius 1 is 1.33 bits per heavy atom. The van der Waals surface area contributed by atoms with E-state index in [4.69, 9.17) is 4.74 Å². The number of ether oxygens (including phenoxy) is 1. The maximum Gasteiger partial charge on any atom is 0.264 e. The van der Waals surface area contributed by atoms with Gasteiger partial charge in [0.05, 0.1) is 10.6 Å². The van der Waals surface area contributed by atoms with Gasteiger partial charge in [0.15, 0.2) is 6.61 Å². The molecule has 1 heterocycles. The van der Waals surface area contributed by atoms with Crippen molar-refractivity contribution >= 4 is 21.6 Å². The molecule has 0 atom stereocenters. The maximum atomic E-state index is 12.2. The molecule has 0 radical (unpaired) electrons. The highest BCUT2D eigenvalue weighted by Gasteiger charge is 2.24. The Morgan fingerprint density at radius 3 is 2.81 bits per heavy atom. The van der Waals surface area contributed by atoms with Gasteiger partial charge in [0.25, 0.3) is 5.91 Å². The van der Waals surface area contributed by atoms with Crippen molar-refractivity contribution in [2.24, 2.45) is 0 Å². The molecule has 1 amide bonds. The SMILES string of the molecule is CCCCCNS(=O)(=O)c1ccc2c(c1)N(C)C(=O)CO2. The van der Waals surface area contributed by atoms with Crippen LogP contribution in [0.2, 0.25) is 0 Å². The molecule has 116 valence electrons. The van der Waals surface area contributed by atoms with Crippen LogP contribution in [0.5, 0.6) is 5.75 Å². The number of sulfonamides is 1. The van der Waals surface area contributed by atoms with Crippen LogP contribution >= 0.6 is 0 Å². The third-order valence-corrected chi connectivity index (χ3v) is 4.86. The van der Waals surface area contributed by atoms with Crippen LogP contribution in [-0.2, 0) is 14.8 Å². The average molecular weight is 312 g/mol. The molecule has 0 saturated carbocycles. The Morgan fingerprint density at radius 2 is 2.10 bits per heavy atom. The summed E-state index contributed by atoms with van der Waals surface area (Å²) in [5.74, 6) is 0.315. The van der Waals surface area contributed by atoms with E-state index in [1.807, 2.05) is 0 Å². The number of benzene rings is 1. The minimum absolute atomic E-state index is 0.0230. The molecule has 1 N–H and O–H groups in total. The second-order valence-corrected chi connectivity index (χ2v) is 6.74. The lowest BCUT2D eigenvalue weighted by Crippen LogP contribution is -2.35. The fraction of sp³-hybridized carbons (Fsp3) is 0.500. The standard InChI is InChI=1S/C14H20N2O4S/c1-3-4-5-8-15-21(18,19)11-6-7-13-12(9-11)16(2)14(17)10-20-13/h6-7,9,15H,3-5,8,10H2,1-2H3. The highest BCUT2D eigenvalue weighted by atomic mass is 32.2. The van der Waals surface area contributed by atoms with E-state index in [0.29, 0.717) is 18.0 Å². The molecule has 1 aromatic rings. The van der Waals surface area contributed by atoms with Gasteiger partial charge in [-0.15, -0.1) is 0 Å². The van der Waals surface area contributed by atoms with E-state index in [1.165, 1.54) is 17.0 Å². The number of carbonyl (C=O) groups is 1. The van der Waals surface area contributed by atoms with Gasteiger partial charge in [-0.2, -0.15) is 0 Å². The first kappa shape index (κ1) is 15.8. The molecule has 21 heavy (non-hydrogen) atoms. The number of amides is 1. The molecule has 0 spiro atoms. The molecular formula is C14H20N2O4S. The lowest BCUT2D eigenvalue weighted by molar-refractivity contribution is -0.120. The number of hydrogen-bond acceptors (Lipinski definition) is 4. The third-order valence-electron chi connectivity index (χ3n) is 3.40. The number of rotatable bonds is 6. The first-order valence-electron chi connectivity index (χ1n) is 6.99. The number of nitrogens with one attached hydrogen (secondary N) is 1. The molecule has 1 aliphatic rings. The van der Waals surface area contributed by atoms with Gasteiger partial charge in [0.2, 0.25) is 10.0 Å². The van der Waals surface area contributed by atoms with Crippen molar-refractivity contribution in [2.45, 2.75) is 31.1 Å². The summed E-state index contributed by atoms with van der Waals surface area (Å²) >= 11 is 0. The number of likely N-dealkylation sites (N-methyl/N-ethyl adjacent to an activating group) is 1. The second kappa shape index (κ2) is 6.44. The van der Waals surface area contributed by atoms with E-state index in [1.54, 1.807) is 13.1 Å². The molecule has 0 aromatic heterocycles. The Balaban J connectivity index is 2.19. The highest BCUT2D eigenvalue weighted by molar-refractivity contribution is 7.89. The van der Waals surface area contributed by atoms with Gasteiger partial charge in [-0.3, -0.25) is 4.79 Å². The molecule has 7 heteroatoms. The topological polar surface area (TPSA) is 75.7 Å². The van der Waals surface area contributed by atoms with Crippen LogP contribution in [0, 0.1) is 0 Å². The molecule has 0 aliphatic carbocycles. The van der Waals surface area contributed by atoms with Crippen molar-refractivity contribution in [1.29, 1.82) is 0 Å². The summed E-state index contributed by atoms with van der Waals surface area (Å²) in [6, 6.07) is 4.54. The molecule has 1 aliphatic heterocycles. The minimum atomic E-state index is -3.56. The van der Waals surface area contributed by atoms with Gasteiger partial charge in [-0.25, -0.2) is 13.1 Å². The lowest BCUT2D eigenvalue weighted by atomic mass is 10.2. The molecule has 0 unspecified atom stereocenters. The number of nitrogens with zero attached hydrogens (tertiary/aromatic N) is 1. The summed E-state index contributed by atoms with van der Waals surface area (Å²) in [7, 11) is -1.95. The van der Waals surface area contributed by atoms with E-state index in [0.717, 1.165) is 19.3 Å². The summed E-state index contributed by atoms with van der Waals surface area (Å²) < 4.78 is 32.3. The molecular weight excluding hydrogens is 292 g/mol. The van der Waals surface area contributed by atoms with Crippen molar-refractivity contribution in [3.8, 4) is 5.75 Å². The number of anilines is 1. The van der Waals surface area contributed by atoms with Gasteiger partial charge in [-0.1, -0.05) is 19.8 Å². The largest absolute Gasteiger partial charge is 0.482 e. The van der Waals surface area contributed by atoms with Crippen molar-refractivity contribution in [3.05, 3.63) is 18.2 Å². The summed E-state index contributed by atoms with van der Waals surface area (Å²) in [5.41, 5.74) is 0.475. The van der Waals surface area contributed by atoms with E-state index < -0.39 is 10.0 Å². The number of fused-ring (bicyclic) bond motifs is 1. The van der Waals surface area contributed by atoms with Crippen molar-refractivity contribution < 1.29 is 17.9 Å². The van der Waals surface area contributed by atoms with Crippen molar-refractivity contribution in [3.63, 3.8) is 0 Å². The van der Waals surface area contributed by atoms with Crippen molar-refractivity contribution in [1.82, 2.24) is 4.72 Å². The smallest absolute Gasteiger partial charge is 0.264 e. The van der Waals surface area contributed by atoms with Crippen LogP contribution in [0.1, 0.15) is 26.2 Å². The van der Waals surface area contributed by atoms with E-state index in [2.05, 4.69) is 11.6 Å². The predicted molar refractivity (Wildman–Crippen MR) is 80.1 cm³/mol. The summed E-state index contributed by atoms with van der Waals surface area (Å²) in [6.07, 6.45) is 2.82. The molecule has 1 aromatic carbocycles. The number of unbranched alkanes of at least 4 members (excludes halogenated alkanes) is 2. The quantitative estimate of drug-likeness (QED) is 0.808. The monoisotopic (exact) mass is 312 g/mol. The highest BCUT2D eigenvalue weighted by Crippen LogP contribution is 2.33. The Kier molecular flexibility index (Phi) is 4.84. The Hall–Kier alpha value is -1.60. The number of carbonyl (C=O) groups excluding carboxylic acids is 1. The second-order valence-electron chi connectivity index (χ2n) is 4.98. The van der Waals surface area contributed by atoms with Gasteiger partial charge in [0, 0.05) is 13.6 Å². The minimum Gasteiger partial charge on any atom is -0.482 e. The zero-order valence-corrected chi connectivity index (χ0v) is 13.1. The first-order valence-corrected chi connectivity index (χ1v) is 8.47. The third kappa shape index (κ3) is 3.54. The van der Waals surface area contributed by atoms with Crippen LogP contribution in [0.4, 0.5) is 5.69 Å². The average Bonchev–Trinajstić information content (AvgIpc) is 2.47.